The minimum absolute atomic E-state index is 0.164. The number of anilines is 1. The highest BCUT2D eigenvalue weighted by Crippen LogP contribution is 2.31. The SMILES string of the molecule is Cc1ccc(-c2nnc(N)n3nccc23)c(O)c1. The van der Waals surface area contributed by atoms with E-state index in [1.54, 1.807) is 24.4 Å². The van der Waals surface area contributed by atoms with Gasteiger partial charge in [0.25, 0.3) is 0 Å². The van der Waals surface area contributed by atoms with Gasteiger partial charge in [-0.2, -0.15) is 9.61 Å². The van der Waals surface area contributed by atoms with Gasteiger partial charge in [0, 0.05) is 5.56 Å². The zero-order valence-electron chi connectivity index (χ0n) is 9.70. The summed E-state index contributed by atoms with van der Waals surface area (Å²) < 4.78 is 1.49. The molecule has 3 rings (SSSR count). The van der Waals surface area contributed by atoms with E-state index in [-0.39, 0.29) is 11.7 Å². The number of phenolic OH excluding ortho intramolecular Hbond substituents is 1. The van der Waals surface area contributed by atoms with Gasteiger partial charge in [0.15, 0.2) is 0 Å². The molecule has 0 amide bonds. The molecule has 0 radical (unpaired) electrons. The van der Waals surface area contributed by atoms with E-state index in [2.05, 4.69) is 15.3 Å². The second kappa shape index (κ2) is 3.69. The minimum atomic E-state index is 0.164. The normalized spacial score (nSPS) is 10.9. The van der Waals surface area contributed by atoms with Gasteiger partial charge in [0.2, 0.25) is 5.95 Å². The number of phenols is 1. The average molecular weight is 241 g/mol. The molecule has 6 heteroatoms. The van der Waals surface area contributed by atoms with Gasteiger partial charge >= 0.3 is 0 Å². The quantitative estimate of drug-likeness (QED) is 0.672. The van der Waals surface area contributed by atoms with E-state index >= 15 is 0 Å². The van der Waals surface area contributed by atoms with E-state index in [9.17, 15) is 5.11 Å². The van der Waals surface area contributed by atoms with Crippen LogP contribution in [0.1, 0.15) is 5.56 Å². The predicted octanol–water partition coefficient (Wildman–Crippen LogP) is 1.39. The highest BCUT2D eigenvalue weighted by molar-refractivity contribution is 5.80. The van der Waals surface area contributed by atoms with E-state index in [1.165, 1.54) is 4.52 Å². The monoisotopic (exact) mass is 241 g/mol. The average Bonchev–Trinajstić information content (AvgIpc) is 2.81. The zero-order chi connectivity index (χ0) is 12.7. The van der Waals surface area contributed by atoms with Crippen molar-refractivity contribution in [2.45, 2.75) is 6.92 Å². The third-order valence-corrected chi connectivity index (χ3v) is 2.76. The number of nitrogens with zero attached hydrogens (tertiary/aromatic N) is 4. The van der Waals surface area contributed by atoms with E-state index < -0.39 is 0 Å². The molecule has 1 aromatic carbocycles. The van der Waals surface area contributed by atoms with Crippen molar-refractivity contribution >= 4 is 11.5 Å². The highest BCUT2D eigenvalue weighted by Gasteiger charge is 2.13. The molecule has 0 bridgehead atoms. The number of rotatable bonds is 1. The molecule has 0 aliphatic carbocycles. The maximum absolute atomic E-state index is 9.98. The van der Waals surface area contributed by atoms with Crippen LogP contribution >= 0.6 is 0 Å². The molecule has 3 N–H and O–H groups in total. The first-order chi connectivity index (χ1) is 8.66. The third-order valence-electron chi connectivity index (χ3n) is 2.76. The predicted molar refractivity (Wildman–Crippen MR) is 67.0 cm³/mol. The number of hydrogen-bond donors (Lipinski definition) is 2. The molecular weight excluding hydrogens is 230 g/mol. The Morgan fingerprint density at radius 2 is 2.06 bits per heavy atom. The Balaban J connectivity index is 2.32. The van der Waals surface area contributed by atoms with Gasteiger partial charge in [-0.05, 0) is 30.7 Å². The first-order valence-electron chi connectivity index (χ1n) is 5.42. The molecule has 18 heavy (non-hydrogen) atoms. The summed E-state index contributed by atoms with van der Waals surface area (Å²) in [6.45, 7) is 1.91. The van der Waals surface area contributed by atoms with Gasteiger partial charge in [-0.15, -0.1) is 10.2 Å². The Morgan fingerprint density at radius 3 is 2.83 bits per heavy atom. The number of benzene rings is 1. The van der Waals surface area contributed by atoms with Crippen molar-refractivity contribution in [2.75, 3.05) is 5.73 Å². The number of hydrogen-bond acceptors (Lipinski definition) is 5. The van der Waals surface area contributed by atoms with E-state index in [0.29, 0.717) is 16.8 Å². The molecule has 3 aromatic rings. The first-order valence-corrected chi connectivity index (χ1v) is 5.42. The minimum Gasteiger partial charge on any atom is -0.507 e. The van der Waals surface area contributed by atoms with Crippen molar-refractivity contribution < 1.29 is 5.11 Å². The Labute approximate surface area is 103 Å². The number of aromatic nitrogens is 4. The molecule has 0 aliphatic rings. The van der Waals surface area contributed by atoms with Crippen LogP contribution < -0.4 is 5.73 Å². The molecule has 0 spiro atoms. The molecule has 0 unspecified atom stereocenters. The molecule has 2 aromatic heterocycles. The lowest BCUT2D eigenvalue weighted by Crippen LogP contribution is -2.05. The summed E-state index contributed by atoms with van der Waals surface area (Å²) in [6, 6.07) is 7.16. The zero-order valence-corrected chi connectivity index (χ0v) is 9.70. The van der Waals surface area contributed by atoms with Gasteiger partial charge < -0.3 is 10.8 Å². The Bertz CT molecular complexity index is 734. The first kappa shape index (κ1) is 10.5. The molecule has 0 aliphatic heterocycles. The van der Waals surface area contributed by atoms with Crippen LogP contribution in [0.3, 0.4) is 0 Å². The molecule has 0 atom stereocenters. The van der Waals surface area contributed by atoms with Crippen molar-refractivity contribution in [1.29, 1.82) is 0 Å². The largest absolute Gasteiger partial charge is 0.507 e. The smallest absolute Gasteiger partial charge is 0.241 e. The van der Waals surface area contributed by atoms with Crippen LogP contribution in [0.5, 0.6) is 5.75 Å². The van der Waals surface area contributed by atoms with Gasteiger partial charge in [-0.1, -0.05) is 6.07 Å². The summed E-state index contributed by atoms with van der Waals surface area (Å²) in [5.74, 6) is 0.377. The van der Waals surface area contributed by atoms with Crippen LogP contribution in [0.15, 0.2) is 30.5 Å². The summed E-state index contributed by atoms with van der Waals surface area (Å²) in [5.41, 5.74) is 8.52. The number of nitrogens with two attached hydrogens (primary N) is 1. The fourth-order valence-electron chi connectivity index (χ4n) is 1.89. The molecular formula is C12H11N5O. The van der Waals surface area contributed by atoms with Crippen LogP contribution in [0.4, 0.5) is 5.95 Å². The van der Waals surface area contributed by atoms with Crippen LogP contribution in [-0.2, 0) is 0 Å². The maximum atomic E-state index is 9.98. The molecule has 0 saturated carbocycles. The van der Waals surface area contributed by atoms with Crippen LogP contribution in [-0.4, -0.2) is 24.9 Å². The topological polar surface area (TPSA) is 89.3 Å². The van der Waals surface area contributed by atoms with Gasteiger partial charge in [0.1, 0.15) is 11.4 Å². The van der Waals surface area contributed by atoms with Crippen molar-refractivity contribution in [3.63, 3.8) is 0 Å². The number of nitrogen functional groups attached to an aromatic ring is 1. The van der Waals surface area contributed by atoms with Crippen LogP contribution in [0, 0.1) is 6.92 Å². The van der Waals surface area contributed by atoms with Crippen molar-refractivity contribution in [3.05, 3.63) is 36.0 Å². The lowest BCUT2D eigenvalue weighted by molar-refractivity contribution is 0.476. The van der Waals surface area contributed by atoms with Crippen LogP contribution in [0.2, 0.25) is 0 Å². The Kier molecular flexibility index (Phi) is 2.16. The lowest BCUT2D eigenvalue weighted by Gasteiger charge is -2.06. The van der Waals surface area contributed by atoms with Gasteiger partial charge in [-0.25, -0.2) is 0 Å². The second-order valence-corrected chi connectivity index (χ2v) is 4.06. The summed E-state index contributed by atoms with van der Waals surface area (Å²) in [4.78, 5) is 0. The number of aromatic hydroxyl groups is 1. The number of fused-ring (bicyclic) bond motifs is 1. The van der Waals surface area contributed by atoms with Gasteiger partial charge in [0.05, 0.1) is 11.7 Å². The fraction of sp³-hybridized carbons (Fsp3) is 0.0833. The fourth-order valence-corrected chi connectivity index (χ4v) is 1.89. The summed E-state index contributed by atoms with van der Waals surface area (Å²) in [7, 11) is 0. The molecule has 2 heterocycles. The standard InChI is InChI=1S/C12H11N5O/c1-7-2-3-8(10(18)6-7)11-9-4-5-14-17(9)12(13)16-15-11/h2-6,18H,1H3,(H2,13,16). The third kappa shape index (κ3) is 1.46. The Hall–Kier alpha value is -2.63. The molecule has 0 saturated heterocycles. The highest BCUT2D eigenvalue weighted by atomic mass is 16.3. The van der Waals surface area contributed by atoms with E-state index in [1.807, 2.05) is 13.0 Å². The molecule has 90 valence electrons. The molecule has 0 fully saturated rings. The van der Waals surface area contributed by atoms with Crippen LogP contribution in [0.25, 0.3) is 16.8 Å². The number of aryl methyl sites for hydroxylation is 1. The summed E-state index contributed by atoms with van der Waals surface area (Å²) in [6.07, 6.45) is 1.61. The Morgan fingerprint density at radius 1 is 1.22 bits per heavy atom. The summed E-state index contributed by atoms with van der Waals surface area (Å²) >= 11 is 0. The molecule has 6 nitrogen and oxygen atoms in total. The van der Waals surface area contributed by atoms with Gasteiger partial charge in [-0.3, -0.25) is 0 Å². The summed E-state index contributed by atoms with van der Waals surface area (Å²) in [5, 5.41) is 21.9. The van der Waals surface area contributed by atoms with Crippen molar-refractivity contribution in [3.8, 4) is 17.0 Å². The second-order valence-electron chi connectivity index (χ2n) is 4.06. The lowest BCUT2D eigenvalue weighted by atomic mass is 10.1. The van der Waals surface area contributed by atoms with Crippen molar-refractivity contribution in [2.24, 2.45) is 0 Å². The van der Waals surface area contributed by atoms with Crippen molar-refractivity contribution in [1.82, 2.24) is 19.8 Å². The van der Waals surface area contributed by atoms with E-state index in [4.69, 9.17) is 5.73 Å². The maximum Gasteiger partial charge on any atom is 0.241 e. The van der Waals surface area contributed by atoms with E-state index in [0.717, 1.165) is 5.56 Å².